The third-order valence-corrected chi connectivity index (χ3v) is 5.30. The third-order valence-electron chi connectivity index (χ3n) is 4.88. The fourth-order valence-corrected chi connectivity index (χ4v) is 3.97. The van der Waals surface area contributed by atoms with Gasteiger partial charge in [0.1, 0.15) is 17.1 Å². The van der Waals surface area contributed by atoms with Gasteiger partial charge in [-0.2, -0.15) is 0 Å². The van der Waals surface area contributed by atoms with Gasteiger partial charge in [-0.15, -0.1) is 0 Å². The molecule has 28 heavy (non-hydrogen) atoms. The van der Waals surface area contributed by atoms with Crippen molar-refractivity contribution >= 4 is 45.3 Å². The molecule has 0 aliphatic heterocycles. The van der Waals surface area contributed by atoms with Crippen LogP contribution in [0.25, 0.3) is 22.1 Å². The van der Waals surface area contributed by atoms with Crippen LogP contribution in [-0.2, 0) is 0 Å². The summed E-state index contributed by atoms with van der Waals surface area (Å²) in [4.78, 5) is 15.1. The number of aromatic nitrogens is 4. The van der Waals surface area contributed by atoms with Crippen LogP contribution in [0.15, 0.2) is 61.2 Å². The number of benzene rings is 1. The van der Waals surface area contributed by atoms with Gasteiger partial charge in [0.05, 0.1) is 10.0 Å². The summed E-state index contributed by atoms with van der Waals surface area (Å²) in [5.41, 5.74) is 4.38. The van der Waals surface area contributed by atoms with E-state index in [9.17, 15) is 4.39 Å². The maximum Gasteiger partial charge on any atom is 0.137 e. The van der Waals surface area contributed by atoms with E-state index in [1.807, 2.05) is 24.5 Å². The Hall–Kier alpha value is -2.89. The molecule has 4 heterocycles. The number of halogens is 3. The molecular formula is C21H13Cl2FN4. The second kappa shape index (κ2) is 6.62. The van der Waals surface area contributed by atoms with E-state index in [-0.39, 0.29) is 11.7 Å². The number of nitrogens with one attached hydrogen (secondary N) is 2. The zero-order chi connectivity index (χ0) is 19.3. The molecule has 5 aromatic rings. The predicted molar refractivity (Wildman–Crippen MR) is 110 cm³/mol. The minimum Gasteiger partial charge on any atom is -0.346 e. The molecule has 4 aromatic heterocycles. The molecule has 0 aliphatic rings. The second-order valence-electron chi connectivity index (χ2n) is 6.57. The molecule has 0 spiro atoms. The van der Waals surface area contributed by atoms with Crippen LogP contribution in [0, 0.1) is 5.82 Å². The van der Waals surface area contributed by atoms with Gasteiger partial charge in [-0.1, -0.05) is 35.3 Å². The van der Waals surface area contributed by atoms with Crippen molar-refractivity contribution < 1.29 is 4.39 Å². The SMILES string of the molecule is Fc1ccc(C(c2c[nH]c3ncc(Cl)cc23)c2c[nH]c3ncc(Cl)cc23)cc1. The molecule has 0 atom stereocenters. The van der Waals surface area contributed by atoms with E-state index < -0.39 is 0 Å². The Kier molecular flexibility index (Phi) is 4.07. The highest BCUT2D eigenvalue weighted by molar-refractivity contribution is 6.31. The van der Waals surface area contributed by atoms with Gasteiger partial charge >= 0.3 is 0 Å². The number of aromatic amines is 2. The average Bonchev–Trinajstić information content (AvgIpc) is 3.28. The van der Waals surface area contributed by atoms with Crippen LogP contribution in [0.1, 0.15) is 22.6 Å². The smallest absolute Gasteiger partial charge is 0.137 e. The van der Waals surface area contributed by atoms with E-state index in [0.29, 0.717) is 10.0 Å². The van der Waals surface area contributed by atoms with Crippen molar-refractivity contribution in [1.29, 1.82) is 0 Å². The molecule has 4 nitrogen and oxygen atoms in total. The molecule has 0 fully saturated rings. The largest absolute Gasteiger partial charge is 0.346 e. The lowest BCUT2D eigenvalue weighted by atomic mass is 9.85. The van der Waals surface area contributed by atoms with Crippen LogP contribution in [0.3, 0.4) is 0 Å². The standard InChI is InChI=1S/C21H13Cl2FN4/c22-12-5-15-17(9-27-20(15)25-7-12)19(11-1-3-14(24)4-2-11)18-10-28-21-16(18)6-13(23)8-26-21/h1-10,19H,(H,25,27)(H,26,28). The van der Waals surface area contributed by atoms with Crippen LogP contribution in [0.4, 0.5) is 4.39 Å². The fourth-order valence-electron chi connectivity index (χ4n) is 3.66. The van der Waals surface area contributed by atoms with Gasteiger partial charge in [-0.3, -0.25) is 0 Å². The van der Waals surface area contributed by atoms with Crippen LogP contribution in [-0.4, -0.2) is 19.9 Å². The lowest BCUT2D eigenvalue weighted by Gasteiger charge is -2.17. The van der Waals surface area contributed by atoms with E-state index in [1.54, 1.807) is 24.5 Å². The Morgan fingerprint density at radius 3 is 1.79 bits per heavy atom. The van der Waals surface area contributed by atoms with Crippen molar-refractivity contribution in [2.45, 2.75) is 5.92 Å². The van der Waals surface area contributed by atoms with Gasteiger partial charge < -0.3 is 9.97 Å². The lowest BCUT2D eigenvalue weighted by Crippen LogP contribution is -2.02. The van der Waals surface area contributed by atoms with E-state index in [1.165, 1.54) is 12.1 Å². The van der Waals surface area contributed by atoms with Gasteiger partial charge in [0, 0.05) is 41.5 Å². The van der Waals surface area contributed by atoms with Gasteiger partial charge in [-0.25, -0.2) is 14.4 Å². The molecule has 0 unspecified atom stereocenters. The normalized spacial score (nSPS) is 11.7. The van der Waals surface area contributed by atoms with Crippen molar-refractivity contribution in [3.8, 4) is 0 Å². The molecule has 138 valence electrons. The first-order valence-electron chi connectivity index (χ1n) is 8.60. The van der Waals surface area contributed by atoms with E-state index in [4.69, 9.17) is 23.2 Å². The molecule has 0 radical (unpaired) electrons. The van der Waals surface area contributed by atoms with E-state index >= 15 is 0 Å². The highest BCUT2D eigenvalue weighted by Crippen LogP contribution is 2.39. The number of pyridine rings is 2. The van der Waals surface area contributed by atoms with Crippen molar-refractivity contribution in [2.24, 2.45) is 0 Å². The van der Waals surface area contributed by atoms with Crippen LogP contribution < -0.4 is 0 Å². The first-order chi connectivity index (χ1) is 13.6. The summed E-state index contributed by atoms with van der Waals surface area (Å²) >= 11 is 12.4. The fraction of sp³-hybridized carbons (Fsp3) is 0.0476. The monoisotopic (exact) mass is 410 g/mol. The number of H-pyrrole nitrogens is 2. The molecule has 0 bridgehead atoms. The highest BCUT2D eigenvalue weighted by atomic mass is 35.5. The summed E-state index contributed by atoms with van der Waals surface area (Å²) in [7, 11) is 0. The van der Waals surface area contributed by atoms with E-state index in [0.717, 1.165) is 38.8 Å². The highest BCUT2D eigenvalue weighted by Gasteiger charge is 2.24. The molecule has 7 heteroatoms. The molecule has 0 amide bonds. The number of fused-ring (bicyclic) bond motifs is 2. The number of hydrogen-bond donors (Lipinski definition) is 2. The average molecular weight is 411 g/mol. The summed E-state index contributed by atoms with van der Waals surface area (Å²) in [6, 6.07) is 10.3. The van der Waals surface area contributed by atoms with Crippen molar-refractivity contribution in [3.63, 3.8) is 0 Å². The zero-order valence-corrected chi connectivity index (χ0v) is 15.9. The zero-order valence-electron chi connectivity index (χ0n) is 14.4. The summed E-state index contributed by atoms with van der Waals surface area (Å²) < 4.78 is 13.6. The Bertz CT molecular complexity index is 1230. The van der Waals surface area contributed by atoms with Gasteiger partial charge in [0.25, 0.3) is 0 Å². The quantitative estimate of drug-likeness (QED) is 0.379. The van der Waals surface area contributed by atoms with E-state index in [2.05, 4.69) is 19.9 Å². The van der Waals surface area contributed by atoms with Crippen LogP contribution >= 0.6 is 23.2 Å². The summed E-state index contributed by atoms with van der Waals surface area (Å²) in [5, 5.41) is 2.92. The summed E-state index contributed by atoms with van der Waals surface area (Å²) in [6.07, 6.45) is 7.04. The second-order valence-corrected chi connectivity index (χ2v) is 7.44. The molecule has 0 aliphatic carbocycles. The summed E-state index contributed by atoms with van der Waals surface area (Å²) in [5.74, 6) is -0.474. The predicted octanol–water partition coefficient (Wildman–Crippen LogP) is 6.07. The maximum atomic E-state index is 13.6. The Morgan fingerprint density at radius 1 is 0.786 bits per heavy atom. The van der Waals surface area contributed by atoms with Crippen molar-refractivity contribution in [1.82, 2.24) is 19.9 Å². The topological polar surface area (TPSA) is 57.4 Å². The van der Waals surface area contributed by atoms with Crippen molar-refractivity contribution in [2.75, 3.05) is 0 Å². The lowest BCUT2D eigenvalue weighted by molar-refractivity contribution is 0.627. The minimum absolute atomic E-state index is 0.191. The molecule has 5 rings (SSSR count). The molecular weight excluding hydrogens is 398 g/mol. The Balaban J connectivity index is 1.81. The van der Waals surface area contributed by atoms with Gasteiger partial charge in [-0.05, 0) is 41.0 Å². The molecule has 0 saturated heterocycles. The minimum atomic E-state index is -0.283. The number of rotatable bonds is 3. The number of nitrogens with zero attached hydrogens (tertiary/aromatic N) is 2. The van der Waals surface area contributed by atoms with Crippen LogP contribution in [0.2, 0.25) is 10.0 Å². The number of hydrogen-bond acceptors (Lipinski definition) is 2. The third kappa shape index (κ3) is 2.84. The summed E-state index contributed by atoms with van der Waals surface area (Å²) in [6.45, 7) is 0. The molecule has 0 saturated carbocycles. The Labute approximate surface area is 169 Å². The first kappa shape index (κ1) is 17.2. The maximum absolute atomic E-state index is 13.6. The first-order valence-corrected chi connectivity index (χ1v) is 9.36. The molecule has 1 aromatic carbocycles. The van der Waals surface area contributed by atoms with Crippen molar-refractivity contribution in [3.05, 3.63) is 93.7 Å². The Morgan fingerprint density at radius 2 is 1.29 bits per heavy atom. The van der Waals surface area contributed by atoms with Crippen LogP contribution in [0.5, 0.6) is 0 Å². The van der Waals surface area contributed by atoms with Gasteiger partial charge in [0.2, 0.25) is 0 Å². The molecule has 2 N–H and O–H groups in total. The van der Waals surface area contributed by atoms with Gasteiger partial charge in [0.15, 0.2) is 0 Å².